The molecule has 1 aliphatic carbocycles. The lowest BCUT2D eigenvalue weighted by Crippen LogP contribution is -2.48. The van der Waals surface area contributed by atoms with Crippen molar-refractivity contribution < 1.29 is 9.53 Å². The number of hydrogen-bond donors (Lipinski definition) is 2. The van der Waals surface area contributed by atoms with Gasteiger partial charge in [0.1, 0.15) is 4.88 Å². The van der Waals surface area contributed by atoms with Gasteiger partial charge >= 0.3 is 0 Å². The van der Waals surface area contributed by atoms with Crippen LogP contribution in [0.4, 0.5) is 10.7 Å². The van der Waals surface area contributed by atoms with Crippen LogP contribution in [0.15, 0.2) is 6.07 Å². The maximum atomic E-state index is 12.1. The van der Waals surface area contributed by atoms with Crippen molar-refractivity contribution in [2.24, 2.45) is 0 Å². The molecule has 0 bridgehead atoms. The fourth-order valence-electron chi connectivity index (χ4n) is 2.41. The van der Waals surface area contributed by atoms with Crippen LogP contribution in [0.1, 0.15) is 36.4 Å². The number of hydrogen-bond acceptors (Lipinski definition) is 5. The van der Waals surface area contributed by atoms with Crippen LogP contribution in [0, 0.1) is 0 Å². The van der Waals surface area contributed by atoms with Crippen LogP contribution in [0.2, 0.25) is 0 Å². The van der Waals surface area contributed by atoms with Crippen LogP contribution in [0.3, 0.4) is 0 Å². The molecule has 0 aromatic carbocycles. The number of rotatable bonds is 3. The molecule has 2 heterocycles. The molecule has 3 N–H and O–H groups in total. The third-order valence-corrected chi connectivity index (χ3v) is 4.81. The summed E-state index contributed by atoms with van der Waals surface area (Å²) in [4.78, 5) is 15.0. The molecule has 0 radical (unpaired) electrons. The standard InChI is InChI=1S/C14H21N3O2S/c1-14(2)8-17(5-6-19-14)11-7-10(15)12(20-11)13(18)16-9-3-4-9/h7,9H,3-6,8,15H2,1-2H3,(H,16,18). The van der Waals surface area contributed by atoms with Gasteiger partial charge in [-0.05, 0) is 32.8 Å². The number of ether oxygens (including phenoxy) is 1. The zero-order valence-corrected chi connectivity index (χ0v) is 12.8. The number of nitrogens with one attached hydrogen (secondary N) is 1. The van der Waals surface area contributed by atoms with E-state index in [1.54, 1.807) is 0 Å². The lowest BCUT2D eigenvalue weighted by atomic mass is 10.1. The Balaban J connectivity index is 1.75. The van der Waals surface area contributed by atoms with Gasteiger partial charge in [-0.1, -0.05) is 0 Å². The van der Waals surface area contributed by atoms with Crippen molar-refractivity contribution in [3.63, 3.8) is 0 Å². The highest BCUT2D eigenvalue weighted by Gasteiger charge is 2.30. The van der Waals surface area contributed by atoms with Gasteiger partial charge < -0.3 is 20.7 Å². The van der Waals surface area contributed by atoms with E-state index in [1.807, 2.05) is 6.07 Å². The Bertz CT molecular complexity index is 522. The van der Waals surface area contributed by atoms with Gasteiger partial charge in [-0.25, -0.2) is 0 Å². The Morgan fingerprint density at radius 1 is 1.55 bits per heavy atom. The Labute approximate surface area is 123 Å². The van der Waals surface area contributed by atoms with Crippen LogP contribution in [-0.2, 0) is 4.74 Å². The molecular formula is C14H21N3O2S. The topological polar surface area (TPSA) is 67.6 Å². The number of thiophene rings is 1. The molecule has 1 aliphatic heterocycles. The smallest absolute Gasteiger partial charge is 0.263 e. The van der Waals surface area contributed by atoms with E-state index < -0.39 is 0 Å². The van der Waals surface area contributed by atoms with Gasteiger partial charge in [0.2, 0.25) is 0 Å². The molecule has 20 heavy (non-hydrogen) atoms. The number of carbonyl (C=O) groups excluding carboxylic acids is 1. The first-order valence-electron chi connectivity index (χ1n) is 7.04. The highest BCUT2D eigenvalue weighted by molar-refractivity contribution is 7.18. The summed E-state index contributed by atoms with van der Waals surface area (Å²) >= 11 is 1.48. The molecule has 2 fully saturated rings. The normalized spacial score (nSPS) is 21.8. The minimum atomic E-state index is -0.159. The van der Waals surface area contributed by atoms with E-state index in [9.17, 15) is 4.79 Å². The van der Waals surface area contributed by atoms with E-state index in [4.69, 9.17) is 10.5 Å². The number of nitrogens with two attached hydrogens (primary N) is 1. The number of carbonyl (C=O) groups is 1. The minimum Gasteiger partial charge on any atom is -0.397 e. The molecule has 1 amide bonds. The number of nitrogens with zero attached hydrogens (tertiary/aromatic N) is 1. The summed E-state index contributed by atoms with van der Waals surface area (Å²) in [5.41, 5.74) is 6.42. The van der Waals surface area contributed by atoms with Crippen molar-refractivity contribution in [3.8, 4) is 0 Å². The molecule has 0 atom stereocenters. The van der Waals surface area contributed by atoms with E-state index >= 15 is 0 Å². The molecule has 1 saturated heterocycles. The second-order valence-corrected chi connectivity index (χ2v) is 7.18. The zero-order valence-electron chi connectivity index (χ0n) is 11.9. The van der Waals surface area contributed by atoms with Gasteiger partial charge in [-0.3, -0.25) is 4.79 Å². The van der Waals surface area contributed by atoms with Crippen LogP contribution < -0.4 is 16.0 Å². The fraction of sp³-hybridized carbons (Fsp3) is 0.643. The van der Waals surface area contributed by atoms with Gasteiger partial charge in [0.05, 0.1) is 22.9 Å². The summed E-state index contributed by atoms with van der Waals surface area (Å²) in [6, 6.07) is 2.27. The third kappa shape index (κ3) is 2.91. The molecule has 5 nitrogen and oxygen atoms in total. The van der Waals surface area contributed by atoms with Crippen LogP contribution in [0.5, 0.6) is 0 Å². The summed E-state index contributed by atoms with van der Waals surface area (Å²) in [5, 5.41) is 4.05. The average molecular weight is 295 g/mol. The Morgan fingerprint density at radius 3 is 2.95 bits per heavy atom. The molecule has 1 aromatic rings. The van der Waals surface area contributed by atoms with Gasteiger partial charge in [-0.15, -0.1) is 11.3 Å². The van der Waals surface area contributed by atoms with Crippen molar-refractivity contribution in [1.29, 1.82) is 0 Å². The van der Waals surface area contributed by atoms with Crippen molar-refractivity contribution >= 4 is 27.9 Å². The number of amides is 1. The van der Waals surface area contributed by atoms with Crippen molar-refractivity contribution in [2.75, 3.05) is 30.3 Å². The lowest BCUT2D eigenvalue weighted by molar-refractivity contribution is -0.0275. The minimum absolute atomic E-state index is 0.0335. The van der Waals surface area contributed by atoms with Crippen molar-refractivity contribution in [1.82, 2.24) is 5.32 Å². The number of nitrogen functional groups attached to an aromatic ring is 1. The first kappa shape index (κ1) is 13.7. The molecule has 3 rings (SSSR count). The van der Waals surface area contributed by atoms with E-state index in [1.165, 1.54) is 11.3 Å². The molecule has 110 valence electrons. The second kappa shape index (κ2) is 4.93. The van der Waals surface area contributed by atoms with Gasteiger partial charge in [-0.2, -0.15) is 0 Å². The Kier molecular flexibility index (Phi) is 3.38. The highest BCUT2D eigenvalue weighted by atomic mass is 32.1. The molecule has 1 saturated carbocycles. The van der Waals surface area contributed by atoms with E-state index in [0.717, 1.165) is 30.9 Å². The first-order chi connectivity index (χ1) is 9.44. The maximum Gasteiger partial charge on any atom is 0.263 e. The summed E-state index contributed by atoms with van der Waals surface area (Å²) < 4.78 is 5.71. The second-order valence-electron chi connectivity index (χ2n) is 6.15. The zero-order chi connectivity index (χ0) is 14.3. The monoisotopic (exact) mass is 295 g/mol. The van der Waals surface area contributed by atoms with Crippen molar-refractivity contribution in [3.05, 3.63) is 10.9 Å². The number of morpholine rings is 1. The molecule has 2 aliphatic rings. The van der Waals surface area contributed by atoms with Crippen LogP contribution >= 0.6 is 11.3 Å². The van der Waals surface area contributed by atoms with Gasteiger partial charge in [0, 0.05) is 19.1 Å². The quantitative estimate of drug-likeness (QED) is 0.893. The molecule has 6 heteroatoms. The van der Waals surface area contributed by atoms with Crippen molar-refractivity contribution in [2.45, 2.75) is 38.3 Å². The van der Waals surface area contributed by atoms with E-state index in [0.29, 0.717) is 23.2 Å². The Morgan fingerprint density at radius 2 is 2.30 bits per heavy atom. The maximum absolute atomic E-state index is 12.1. The molecule has 0 spiro atoms. The predicted molar refractivity (Wildman–Crippen MR) is 81.5 cm³/mol. The first-order valence-corrected chi connectivity index (χ1v) is 7.85. The Hall–Kier alpha value is -1.27. The summed E-state index contributed by atoms with van der Waals surface area (Å²) in [7, 11) is 0. The lowest BCUT2D eigenvalue weighted by Gasteiger charge is -2.38. The van der Waals surface area contributed by atoms with E-state index in [-0.39, 0.29) is 11.5 Å². The van der Waals surface area contributed by atoms with Crippen LogP contribution in [-0.4, -0.2) is 37.2 Å². The third-order valence-electron chi connectivity index (χ3n) is 3.60. The molecular weight excluding hydrogens is 274 g/mol. The summed E-state index contributed by atoms with van der Waals surface area (Å²) in [6.07, 6.45) is 2.17. The van der Waals surface area contributed by atoms with E-state index in [2.05, 4.69) is 24.1 Å². The van der Waals surface area contributed by atoms with Crippen LogP contribution in [0.25, 0.3) is 0 Å². The average Bonchev–Trinajstić information content (AvgIpc) is 3.08. The van der Waals surface area contributed by atoms with Gasteiger partial charge in [0.25, 0.3) is 5.91 Å². The fourth-order valence-corrected chi connectivity index (χ4v) is 3.42. The molecule has 0 unspecified atom stereocenters. The molecule has 1 aromatic heterocycles. The van der Waals surface area contributed by atoms with Gasteiger partial charge in [0.15, 0.2) is 0 Å². The predicted octanol–water partition coefficient (Wildman–Crippen LogP) is 1.84. The summed E-state index contributed by atoms with van der Waals surface area (Å²) in [6.45, 7) is 6.52. The summed E-state index contributed by atoms with van der Waals surface area (Å²) in [5.74, 6) is -0.0335. The largest absolute Gasteiger partial charge is 0.397 e. The SMILES string of the molecule is CC1(C)CN(c2cc(N)c(C(=O)NC3CC3)s2)CCO1. The number of anilines is 2. The highest BCUT2D eigenvalue weighted by Crippen LogP contribution is 2.35.